The van der Waals surface area contributed by atoms with Crippen LogP contribution in [0.3, 0.4) is 0 Å². The quantitative estimate of drug-likeness (QED) is 0.832. The fourth-order valence-electron chi connectivity index (χ4n) is 3.00. The highest BCUT2D eigenvalue weighted by molar-refractivity contribution is 5.77. The largest absolute Gasteiger partial charge is 0.481 e. The van der Waals surface area contributed by atoms with E-state index in [9.17, 15) is 9.59 Å². The third-order valence-corrected chi connectivity index (χ3v) is 4.28. The topological polar surface area (TPSA) is 60.9 Å². The van der Waals surface area contributed by atoms with Crippen LogP contribution in [0, 0.1) is 0 Å². The second kappa shape index (κ2) is 5.80. The maximum Gasteiger partial charge on any atom is 0.320 e. The number of carboxylic acids is 1. The predicted molar refractivity (Wildman–Crippen MR) is 72.0 cm³/mol. The Labute approximate surface area is 114 Å². The first kappa shape index (κ1) is 14.2. The van der Waals surface area contributed by atoms with Crippen LogP contribution in [0.4, 0.5) is 4.79 Å². The first-order valence-electron chi connectivity index (χ1n) is 7.35. The van der Waals surface area contributed by atoms with E-state index >= 15 is 0 Å². The lowest BCUT2D eigenvalue weighted by atomic mass is 10.2. The van der Waals surface area contributed by atoms with E-state index in [2.05, 4.69) is 13.8 Å². The van der Waals surface area contributed by atoms with Crippen molar-refractivity contribution in [2.75, 3.05) is 6.54 Å². The summed E-state index contributed by atoms with van der Waals surface area (Å²) in [6.07, 6.45) is 5.19. The molecule has 0 radical (unpaired) electrons. The van der Waals surface area contributed by atoms with Crippen molar-refractivity contribution in [3.63, 3.8) is 0 Å². The molecule has 1 saturated heterocycles. The Morgan fingerprint density at radius 2 is 1.95 bits per heavy atom. The molecule has 5 nitrogen and oxygen atoms in total. The van der Waals surface area contributed by atoms with Gasteiger partial charge in [0.25, 0.3) is 0 Å². The number of hydrogen-bond acceptors (Lipinski definition) is 2. The minimum absolute atomic E-state index is 0.0429. The molecule has 2 rings (SSSR count). The van der Waals surface area contributed by atoms with Crippen LogP contribution >= 0.6 is 0 Å². The first-order chi connectivity index (χ1) is 9.04. The van der Waals surface area contributed by atoms with Crippen LogP contribution in [0.2, 0.25) is 0 Å². The summed E-state index contributed by atoms with van der Waals surface area (Å²) < 4.78 is 0. The van der Waals surface area contributed by atoms with Gasteiger partial charge in [-0.2, -0.15) is 0 Å². The van der Waals surface area contributed by atoms with Crippen molar-refractivity contribution in [3.05, 3.63) is 0 Å². The molecule has 2 atom stereocenters. The molecule has 0 aromatic carbocycles. The molecule has 1 aliphatic carbocycles. The average Bonchev–Trinajstić information content (AvgIpc) is 3.12. The minimum atomic E-state index is -0.833. The van der Waals surface area contributed by atoms with E-state index in [-0.39, 0.29) is 24.5 Å². The lowest BCUT2D eigenvalue weighted by Gasteiger charge is -2.34. The molecule has 0 aromatic heterocycles. The van der Waals surface area contributed by atoms with Crippen molar-refractivity contribution in [1.29, 1.82) is 0 Å². The van der Waals surface area contributed by atoms with Crippen LogP contribution in [-0.2, 0) is 4.79 Å². The number of aliphatic carboxylic acids is 1. The number of rotatable bonds is 5. The molecule has 0 spiro atoms. The van der Waals surface area contributed by atoms with E-state index in [1.54, 1.807) is 4.90 Å². The van der Waals surface area contributed by atoms with Gasteiger partial charge in [0, 0.05) is 24.7 Å². The molecule has 2 fully saturated rings. The van der Waals surface area contributed by atoms with E-state index in [0.717, 1.165) is 32.1 Å². The third-order valence-electron chi connectivity index (χ3n) is 4.28. The minimum Gasteiger partial charge on any atom is -0.481 e. The zero-order valence-corrected chi connectivity index (χ0v) is 11.8. The lowest BCUT2D eigenvalue weighted by molar-refractivity contribution is -0.137. The monoisotopic (exact) mass is 268 g/mol. The number of amides is 2. The Bertz CT molecular complexity index is 355. The summed E-state index contributed by atoms with van der Waals surface area (Å²) in [4.78, 5) is 27.2. The van der Waals surface area contributed by atoms with Gasteiger partial charge < -0.3 is 14.9 Å². The summed E-state index contributed by atoms with van der Waals surface area (Å²) in [6, 6.07) is 0.940. The van der Waals surface area contributed by atoms with Gasteiger partial charge in [-0.25, -0.2) is 4.79 Å². The molecule has 2 unspecified atom stereocenters. The second-order valence-corrected chi connectivity index (χ2v) is 5.75. The van der Waals surface area contributed by atoms with Crippen molar-refractivity contribution >= 4 is 12.0 Å². The van der Waals surface area contributed by atoms with Crippen molar-refractivity contribution in [3.8, 4) is 0 Å². The SMILES string of the molecule is CCC1CCC(C)N1C(=O)N(CCC(=O)O)C1CC1. The summed E-state index contributed by atoms with van der Waals surface area (Å²) in [5.41, 5.74) is 0. The molecular formula is C14H24N2O3. The van der Waals surface area contributed by atoms with Crippen LogP contribution in [0.5, 0.6) is 0 Å². The van der Waals surface area contributed by atoms with Crippen LogP contribution in [0.1, 0.15) is 52.4 Å². The zero-order chi connectivity index (χ0) is 14.0. The molecule has 0 aromatic rings. The summed E-state index contributed by atoms with van der Waals surface area (Å²) in [5.74, 6) is -0.833. The molecule has 108 valence electrons. The fourth-order valence-corrected chi connectivity index (χ4v) is 3.00. The highest BCUT2D eigenvalue weighted by Gasteiger charge is 2.40. The van der Waals surface area contributed by atoms with Gasteiger partial charge in [0.15, 0.2) is 0 Å². The van der Waals surface area contributed by atoms with Gasteiger partial charge >= 0.3 is 12.0 Å². The predicted octanol–water partition coefficient (Wildman–Crippen LogP) is 2.31. The van der Waals surface area contributed by atoms with E-state index in [0.29, 0.717) is 12.6 Å². The number of nitrogens with zero attached hydrogens (tertiary/aromatic N) is 2. The Morgan fingerprint density at radius 1 is 1.26 bits per heavy atom. The smallest absolute Gasteiger partial charge is 0.320 e. The Kier molecular flexibility index (Phi) is 4.32. The molecule has 2 amide bonds. The Hall–Kier alpha value is -1.26. The van der Waals surface area contributed by atoms with Gasteiger partial charge in [0.1, 0.15) is 0 Å². The summed E-state index contributed by atoms with van der Waals surface area (Å²) >= 11 is 0. The third kappa shape index (κ3) is 3.19. The number of carbonyl (C=O) groups is 2. The number of carboxylic acid groups (broad SMARTS) is 1. The van der Waals surface area contributed by atoms with Crippen LogP contribution < -0.4 is 0 Å². The van der Waals surface area contributed by atoms with Gasteiger partial charge in [-0.3, -0.25) is 4.79 Å². The first-order valence-corrected chi connectivity index (χ1v) is 7.35. The summed E-state index contributed by atoms with van der Waals surface area (Å²) in [7, 11) is 0. The van der Waals surface area contributed by atoms with Crippen molar-refractivity contribution in [2.45, 2.75) is 70.5 Å². The van der Waals surface area contributed by atoms with Gasteiger partial charge in [0.2, 0.25) is 0 Å². The maximum atomic E-state index is 12.7. The van der Waals surface area contributed by atoms with Gasteiger partial charge in [-0.05, 0) is 39.0 Å². The molecule has 0 bridgehead atoms. The highest BCUT2D eigenvalue weighted by Crippen LogP contribution is 2.32. The molecule has 1 heterocycles. The lowest BCUT2D eigenvalue weighted by Crippen LogP contribution is -2.49. The molecule has 1 saturated carbocycles. The van der Waals surface area contributed by atoms with Gasteiger partial charge in [-0.1, -0.05) is 6.92 Å². The van der Waals surface area contributed by atoms with E-state index in [1.165, 1.54) is 0 Å². The molecule has 1 N–H and O–H groups in total. The summed E-state index contributed by atoms with van der Waals surface area (Å²) in [6.45, 7) is 4.55. The number of likely N-dealkylation sites (tertiary alicyclic amines) is 1. The number of urea groups is 1. The van der Waals surface area contributed by atoms with Crippen molar-refractivity contribution in [1.82, 2.24) is 9.80 Å². The second-order valence-electron chi connectivity index (χ2n) is 5.75. The van der Waals surface area contributed by atoms with Crippen LogP contribution in [0.15, 0.2) is 0 Å². The normalized spacial score (nSPS) is 26.5. The van der Waals surface area contributed by atoms with Crippen LogP contribution in [0.25, 0.3) is 0 Å². The average molecular weight is 268 g/mol. The Balaban J connectivity index is 2.03. The highest BCUT2D eigenvalue weighted by atomic mass is 16.4. The van der Waals surface area contributed by atoms with E-state index in [4.69, 9.17) is 5.11 Å². The number of carbonyl (C=O) groups excluding carboxylic acids is 1. The maximum absolute atomic E-state index is 12.7. The zero-order valence-electron chi connectivity index (χ0n) is 11.8. The molecule has 2 aliphatic rings. The summed E-state index contributed by atoms with van der Waals surface area (Å²) in [5, 5.41) is 8.81. The Morgan fingerprint density at radius 3 is 2.47 bits per heavy atom. The van der Waals surface area contributed by atoms with Gasteiger partial charge in [-0.15, -0.1) is 0 Å². The van der Waals surface area contributed by atoms with Crippen molar-refractivity contribution < 1.29 is 14.7 Å². The standard InChI is InChI=1S/C14H24N2O3/c1-3-11-5-4-10(2)16(11)14(19)15(12-6-7-12)9-8-13(17)18/h10-12H,3-9H2,1-2H3,(H,17,18). The van der Waals surface area contributed by atoms with Gasteiger partial charge in [0.05, 0.1) is 6.42 Å². The fraction of sp³-hybridized carbons (Fsp3) is 0.857. The van der Waals surface area contributed by atoms with E-state index < -0.39 is 5.97 Å². The van der Waals surface area contributed by atoms with E-state index in [1.807, 2.05) is 4.90 Å². The number of hydrogen-bond donors (Lipinski definition) is 1. The molecule has 5 heteroatoms. The van der Waals surface area contributed by atoms with Crippen molar-refractivity contribution in [2.24, 2.45) is 0 Å². The molecule has 1 aliphatic heterocycles. The van der Waals surface area contributed by atoms with Crippen LogP contribution in [-0.4, -0.2) is 51.6 Å². The molecular weight excluding hydrogens is 244 g/mol. The molecule has 19 heavy (non-hydrogen) atoms.